The average Bonchev–Trinajstić information content (AvgIpc) is 3.09. The first-order valence-electron chi connectivity index (χ1n) is 9.09. The third kappa shape index (κ3) is 5.52. The van der Waals surface area contributed by atoms with Crippen molar-refractivity contribution in [2.24, 2.45) is 0 Å². The van der Waals surface area contributed by atoms with Crippen LogP contribution >= 0.6 is 0 Å². The largest absolute Gasteiger partial charge is 0.337 e. The Balaban J connectivity index is 1.95. The number of amides is 1. The van der Waals surface area contributed by atoms with Crippen LogP contribution in [0.1, 0.15) is 55.6 Å². The summed E-state index contributed by atoms with van der Waals surface area (Å²) in [5, 5.41) is 0. The number of benzene rings is 1. The molecule has 4 heteroatoms. The predicted molar refractivity (Wildman–Crippen MR) is 98.1 cm³/mol. The van der Waals surface area contributed by atoms with Crippen LogP contribution in [0.25, 0.3) is 0 Å². The van der Waals surface area contributed by atoms with Crippen LogP contribution in [0.3, 0.4) is 0 Å². The van der Waals surface area contributed by atoms with Crippen LogP contribution in [-0.4, -0.2) is 33.4 Å². The molecule has 4 nitrogen and oxygen atoms in total. The molecular weight excluding hydrogens is 298 g/mol. The van der Waals surface area contributed by atoms with Gasteiger partial charge in [-0.05, 0) is 24.8 Å². The summed E-state index contributed by atoms with van der Waals surface area (Å²) in [6.45, 7) is 6.80. The molecule has 0 unspecified atom stereocenters. The smallest absolute Gasteiger partial charge is 0.274 e. The highest BCUT2D eigenvalue weighted by atomic mass is 16.2. The second-order valence-corrected chi connectivity index (χ2v) is 6.23. The third-order valence-corrected chi connectivity index (χ3v) is 4.20. The average molecular weight is 327 g/mol. The molecule has 2 aromatic rings. The van der Waals surface area contributed by atoms with Gasteiger partial charge in [-0.2, -0.15) is 0 Å². The minimum absolute atomic E-state index is 0.0651. The highest BCUT2D eigenvalue weighted by Crippen LogP contribution is 2.08. The fraction of sp³-hybridized carbons (Fsp3) is 0.500. The van der Waals surface area contributed by atoms with Crippen molar-refractivity contribution >= 4 is 5.91 Å². The monoisotopic (exact) mass is 327 g/mol. The number of carbonyl (C=O) groups is 1. The second-order valence-electron chi connectivity index (χ2n) is 6.23. The maximum atomic E-state index is 12.7. The van der Waals surface area contributed by atoms with Gasteiger partial charge in [0.1, 0.15) is 5.69 Å². The highest BCUT2D eigenvalue weighted by Gasteiger charge is 2.17. The van der Waals surface area contributed by atoms with Crippen molar-refractivity contribution in [2.45, 2.75) is 52.5 Å². The van der Waals surface area contributed by atoms with E-state index < -0.39 is 0 Å². The van der Waals surface area contributed by atoms with E-state index in [2.05, 4.69) is 43.1 Å². The van der Waals surface area contributed by atoms with Crippen LogP contribution in [0, 0.1) is 0 Å². The lowest BCUT2D eigenvalue weighted by molar-refractivity contribution is 0.0745. The van der Waals surface area contributed by atoms with E-state index in [1.54, 1.807) is 6.33 Å². The maximum Gasteiger partial charge on any atom is 0.274 e. The summed E-state index contributed by atoms with van der Waals surface area (Å²) in [6.07, 6.45) is 8.89. The molecule has 0 saturated heterocycles. The van der Waals surface area contributed by atoms with Gasteiger partial charge in [0, 0.05) is 25.8 Å². The number of aryl methyl sites for hydroxylation is 2. The molecule has 0 fully saturated rings. The molecule has 0 radical (unpaired) electrons. The van der Waals surface area contributed by atoms with Gasteiger partial charge in [-0.15, -0.1) is 0 Å². The molecule has 0 spiro atoms. The normalized spacial score (nSPS) is 10.8. The molecule has 0 saturated carbocycles. The lowest BCUT2D eigenvalue weighted by atomic mass is 10.1. The van der Waals surface area contributed by atoms with Crippen LogP contribution in [0.2, 0.25) is 0 Å². The summed E-state index contributed by atoms with van der Waals surface area (Å²) >= 11 is 0. The molecule has 24 heavy (non-hydrogen) atoms. The number of hydrogen-bond donors (Lipinski definition) is 0. The van der Waals surface area contributed by atoms with E-state index >= 15 is 0 Å². The van der Waals surface area contributed by atoms with Crippen LogP contribution in [0.4, 0.5) is 0 Å². The van der Waals surface area contributed by atoms with Gasteiger partial charge < -0.3 is 9.47 Å². The van der Waals surface area contributed by atoms with E-state index in [0.29, 0.717) is 5.69 Å². The minimum Gasteiger partial charge on any atom is -0.337 e. The van der Waals surface area contributed by atoms with Crippen LogP contribution in [-0.2, 0) is 13.0 Å². The summed E-state index contributed by atoms with van der Waals surface area (Å²) in [5.74, 6) is 0.0651. The standard InChI is InChI=1S/C20H29N3O/c1-3-5-13-23(14-6-4-2)20(24)19-16-22(17-21-19)15-12-18-10-8-7-9-11-18/h7-11,16-17H,3-6,12-15H2,1-2H3. The van der Waals surface area contributed by atoms with Crippen molar-refractivity contribution in [3.63, 3.8) is 0 Å². The van der Waals surface area contributed by atoms with Crippen LogP contribution in [0.5, 0.6) is 0 Å². The Kier molecular flexibility index (Phi) is 7.53. The number of carbonyl (C=O) groups excluding carboxylic acids is 1. The van der Waals surface area contributed by atoms with E-state index in [9.17, 15) is 4.79 Å². The van der Waals surface area contributed by atoms with E-state index in [1.807, 2.05) is 21.7 Å². The number of aromatic nitrogens is 2. The summed E-state index contributed by atoms with van der Waals surface area (Å²) in [7, 11) is 0. The molecule has 130 valence electrons. The van der Waals surface area contributed by atoms with Gasteiger partial charge in [0.2, 0.25) is 0 Å². The van der Waals surface area contributed by atoms with Crippen molar-refractivity contribution in [1.29, 1.82) is 0 Å². The number of hydrogen-bond acceptors (Lipinski definition) is 2. The van der Waals surface area contributed by atoms with E-state index in [-0.39, 0.29) is 5.91 Å². The fourth-order valence-corrected chi connectivity index (χ4v) is 2.67. The number of imidazole rings is 1. The van der Waals surface area contributed by atoms with Crippen molar-refractivity contribution in [3.05, 3.63) is 54.1 Å². The highest BCUT2D eigenvalue weighted by molar-refractivity contribution is 5.92. The van der Waals surface area contributed by atoms with E-state index in [0.717, 1.165) is 51.7 Å². The molecule has 0 bridgehead atoms. The van der Waals surface area contributed by atoms with Crippen molar-refractivity contribution in [1.82, 2.24) is 14.5 Å². The molecule has 0 aliphatic carbocycles. The molecule has 0 aliphatic rings. The number of rotatable bonds is 10. The predicted octanol–water partition coefficient (Wildman–Crippen LogP) is 4.17. The molecule has 1 heterocycles. The van der Waals surface area contributed by atoms with Crippen molar-refractivity contribution in [2.75, 3.05) is 13.1 Å². The Hall–Kier alpha value is -2.10. The first-order chi connectivity index (χ1) is 11.7. The van der Waals surface area contributed by atoms with Gasteiger partial charge in [0.05, 0.1) is 6.33 Å². The molecule has 0 aliphatic heterocycles. The molecule has 2 rings (SSSR count). The van der Waals surface area contributed by atoms with Crippen LogP contribution < -0.4 is 0 Å². The zero-order chi connectivity index (χ0) is 17.2. The van der Waals surface area contributed by atoms with Gasteiger partial charge >= 0.3 is 0 Å². The van der Waals surface area contributed by atoms with Gasteiger partial charge in [-0.3, -0.25) is 4.79 Å². The van der Waals surface area contributed by atoms with Gasteiger partial charge in [-0.1, -0.05) is 57.0 Å². The Labute approximate surface area is 145 Å². The van der Waals surface area contributed by atoms with Crippen molar-refractivity contribution < 1.29 is 4.79 Å². The minimum atomic E-state index is 0.0651. The fourth-order valence-electron chi connectivity index (χ4n) is 2.67. The Morgan fingerprint density at radius 1 is 1.08 bits per heavy atom. The third-order valence-electron chi connectivity index (χ3n) is 4.20. The Bertz CT molecular complexity index is 598. The van der Waals surface area contributed by atoms with Gasteiger partial charge in [0.15, 0.2) is 0 Å². The zero-order valence-corrected chi connectivity index (χ0v) is 14.9. The molecule has 0 N–H and O–H groups in total. The first-order valence-corrected chi connectivity index (χ1v) is 9.09. The van der Waals surface area contributed by atoms with E-state index in [1.165, 1.54) is 5.56 Å². The van der Waals surface area contributed by atoms with Gasteiger partial charge in [-0.25, -0.2) is 4.98 Å². The first kappa shape index (κ1) is 18.2. The van der Waals surface area contributed by atoms with E-state index in [4.69, 9.17) is 0 Å². The SMILES string of the molecule is CCCCN(CCCC)C(=O)c1cn(CCc2ccccc2)cn1. The summed E-state index contributed by atoms with van der Waals surface area (Å²) in [6, 6.07) is 10.4. The lowest BCUT2D eigenvalue weighted by Gasteiger charge is -2.21. The maximum absolute atomic E-state index is 12.7. The molecular formula is C20H29N3O. The summed E-state index contributed by atoms with van der Waals surface area (Å²) in [4.78, 5) is 19.0. The molecule has 1 aromatic carbocycles. The zero-order valence-electron chi connectivity index (χ0n) is 14.9. The number of nitrogens with zero attached hydrogens (tertiary/aromatic N) is 3. The van der Waals surface area contributed by atoms with Gasteiger partial charge in [0.25, 0.3) is 5.91 Å². The lowest BCUT2D eigenvalue weighted by Crippen LogP contribution is -2.33. The topological polar surface area (TPSA) is 38.1 Å². The molecule has 1 aromatic heterocycles. The Morgan fingerprint density at radius 2 is 1.75 bits per heavy atom. The molecule has 1 amide bonds. The second kappa shape index (κ2) is 9.91. The Morgan fingerprint density at radius 3 is 2.38 bits per heavy atom. The number of unbranched alkanes of at least 4 members (excludes halogenated alkanes) is 2. The summed E-state index contributed by atoms with van der Waals surface area (Å²) < 4.78 is 2.01. The van der Waals surface area contributed by atoms with Crippen molar-refractivity contribution in [3.8, 4) is 0 Å². The quantitative estimate of drug-likeness (QED) is 0.657. The molecule has 0 atom stereocenters. The van der Waals surface area contributed by atoms with Crippen LogP contribution in [0.15, 0.2) is 42.9 Å². The summed E-state index contributed by atoms with van der Waals surface area (Å²) in [5.41, 5.74) is 1.86.